The van der Waals surface area contributed by atoms with E-state index in [0.717, 1.165) is 0 Å². The van der Waals surface area contributed by atoms with E-state index in [1.165, 1.54) is 37.8 Å². The normalized spacial score (nSPS) is 17.6. The fraction of sp³-hybridized carbons (Fsp3) is 0.471. The summed E-state index contributed by atoms with van der Waals surface area (Å²) < 4.78 is 5.26. The molecule has 0 saturated carbocycles. The monoisotopic (exact) mass is 368 g/mol. The standard InChI is InChI=1S/C17H21ClN2O5/c1-17(2,16(23)24)19(3)15(22)10-7-14(21)20(9-10)12-8-11(18)5-6-13(12)25-4/h5-6,8,10H,7,9H2,1-4H3,(H,23,24). The van der Waals surface area contributed by atoms with Crippen LogP contribution in [0.15, 0.2) is 18.2 Å². The summed E-state index contributed by atoms with van der Waals surface area (Å²) in [5.74, 6) is -1.88. The van der Waals surface area contributed by atoms with Crippen LogP contribution in [0.1, 0.15) is 20.3 Å². The number of carbonyl (C=O) groups is 3. The summed E-state index contributed by atoms with van der Waals surface area (Å²) in [6, 6.07) is 4.91. The van der Waals surface area contributed by atoms with Gasteiger partial charge in [0.05, 0.1) is 18.7 Å². The van der Waals surface area contributed by atoms with Crippen LogP contribution in [0.3, 0.4) is 0 Å². The largest absolute Gasteiger partial charge is 0.495 e. The summed E-state index contributed by atoms with van der Waals surface area (Å²) in [6.45, 7) is 3.04. The summed E-state index contributed by atoms with van der Waals surface area (Å²) >= 11 is 6.01. The van der Waals surface area contributed by atoms with Crippen LogP contribution in [0.2, 0.25) is 5.02 Å². The number of rotatable bonds is 5. The van der Waals surface area contributed by atoms with Crippen molar-refractivity contribution in [2.75, 3.05) is 25.6 Å². The molecule has 0 aromatic heterocycles. The van der Waals surface area contributed by atoms with E-state index in [9.17, 15) is 19.5 Å². The number of carboxylic acids is 1. The highest BCUT2D eigenvalue weighted by molar-refractivity contribution is 6.31. The third kappa shape index (κ3) is 3.56. The predicted octanol–water partition coefficient (Wildman–Crippen LogP) is 2.02. The SMILES string of the molecule is COc1ccc(Cl)cc1N1CC(C(=O)N(C)C(C)(C)C(=O)O)CC1=O. The third-order valence-electron chi connectivity index (χ3n) is 4.60. The van der Waals surface area contributed by atoms with Gasteiger partial charge in [-0.2, -0.15) is 0 Å². The van der Waals surface area contributed by atoms with Gasteiger partial charge in [0, 0.05) is 25.0 Å². The molecule has 0 aliphatic carbocycles. The molecule has 25 heavy (non-hydrogen) atoms. The van der Waals surface area contributed by atoms with Gasteiger partial charge in [-0.15, -0.1) is 0 Å². The summed E-state index contributed by atoms with van der Waals surface area (Å²) in [4.78, 5) is 39.1. The molecule has 1 heterocycles. The quantitative estimate of drug-likeness (QED) is 0.859. The van der Waals surface area contributed by atoms with Crippen molar-refractivity contribution < 1.29 is 24.2 Å². The van der Waals surface area contributed by atoms with Gasteiger partial charge in [0.15, 0.2) is 0 Å². The number of carbonyl (C=O) groups excluding carboxylic acids is 2. The van der Waals surface area contributed by atoms with Gasteiger partial charge in [-0.05, 0) is 32.0 Å². The summed E-state index contributed by atoms with van der Waals surface area (Å²) in [5.41, 5.74) is -0.864. The molecule has 0 spiro atoms. The average molecular weight is 369 g/mol. The van der Waals surface area contributed by atoms with Crippen LogP contribution in [0.5, 0.6) is 5.75 Å². The number of anilines is 1. The minimum Gasteiger partial charge on any atom is -0.495 e. The molecule has 1 aromatic rings. The Kier molecular flexibility index (Phi) is 5.27. The smallest absolute Gasteiger partial charge is 0.329 e. The van der Waals surface area contributed by atoms with Crippen LogP contribution in [-0.4, -0.2) is 54.0 Å². The van der Waals surface area contributed by atoms with E-state index in [1.807, 2.05) is 0 Å². The Hall–Kier alpha value is -2.28. The van der Waals surface area contributed by atoms with E-state index in [0.29, 0.717) is 16.5 Å². The van der Waals surface area contributed by atoms with Crippen LogP contribution < -0.4 is 9.64 Å². The Bertz CT molecular complexity index is 719. The van der Waals surface area contributed by atoms with Crippen LogP contribution in [-0.2, 0) is 14.4 Å². The summed E-state index contributed by atoms with van der Waals surface area (Å²) in [7, 11) is 2.92. The molecule has 1 atom stereocenters. The molecule has 1 saturated heterocycles. The first-order valence-electron chi connectivity index (χ1n) is 7.74. The first-order chi connectivity index (χ1) is 11.6. The lowest BCUT2D eigenvalue weighted by atomic mass is 10.00. The minimum absolute atomic E-state index is 0.00847. The van der Waals surface area contributed by atoms with E-state index < -0.39 is 17.4 Å². The van der Waals surface area contributed by atoms with Gasteiger partial charge in [-0.1, -0.05) is 11.6 Å². The Morgan fingerprint density at radius 2 is 2.04 bits per heavy atom. The van der Waals surface area contributed by atoms with Crippen molar-refractivity contribution in [1.82, 2.24) is 4.90 Å². The van der Waals surface area contributed by atoms with E-state index in [1.54, 1.807) is 18.2 Å². The zero-order valence-corrected chi connectivity index (χ0v) is 15.3. The van der Waals surface area contributed by atoms with Gasteiger partial charge in [0.25, 0.3) is 0 Å². The van der Waals surface area contributed by atoms with Crippen molar-refractivity contribution in [2.24, 2.45) is 5.92 Å². The number of halogens is 1. The Balaban J connectivity index is 2.25. The molecule has 1 fully saturated rings. The third-order valence-corrected chi connectivity index (χ3v) is 4.83. The molecule has 1 aromatic carbocycles. The number of ether oxygens (including phenoxy) is 1. The fourth-order valence-corrected chi connectivity index (χ4v) is 2.84. The number of likely N-dealkylation sites (N-methyl/N-ethyl adjacent to an activating group) is 1. The van der Waals surface area contributed by atoms with Gasteiger partial charge in [-0.3, -0.25) is 9.59 Å². The average Bonchev–Trinajstić information content (AvgIpc) is 2.94. The molecule has 7 nitrogen and oxygen atoms in total. The van der Waals surface area contributed by atoms with Crippen molar-refractivity contribution in [3.8, 4) is 5.75 Å². The van der Waals surface area contributed by atoms with Gasteiger partial charge < -0.3 is 19.6 Å². The molecule has 0 bridgehead atoms. The second-order valence-corrected chi connectivity index (χ2v) is 6.92. The van der Waals surface area contributed by atoms with Crippen LogP contribution in [0.25, 0.3) is 0 Å². The van der Waals surface area contributed by atoms with Gasteiger partial charge in [0.1, 0.15) is 11.3 Å². The number of aliphatic carboxylic acids is 1. The highest BCUT2D eigenvalue weighted by atomic mass is 35.5. The number of benzene rings is 1. The van der Waals surface area contributed by atoms with Crippen molar-refractivity contribution >= 4 is 35.1 Å². The number of nitrogens with zero attached hydrogens (tertiary/aromatic N) is 2. The topological polar surface area (TPSA) is 87.2 Å². The molecule has 1 aliphatic heterocycles. The molecule has 2 rings (SSSR count). The van der Waals surface area contributed by atoms with E-state index in [-0.39, 0.29) is 24.8 Å². The number of hydrogen-bond acceptors (Lipinski definition) is 4. The van der Waals surface area contributed by atoms with E-state index in [4.69, 9.17) is 16.3 Å². The number of carboxylic acid groups (broad SMARTS) is 1. The van der Waals surface area contributed by atoms with Gasteiger partial charge in [-0.25, -0.2) is 4.79 Å². The van der Waals surface area contributed by atoms with E-state index >= 15 is 0 Å². The maximum absolute atomic E-state index is 12.7. The summed E-state index contributed by atoms with van der Waals surface area (Å²) in [6.07, 6.45) is 0.00847. The zero-order chi connectivity index (χ0) is 18.9. The Morgan fingerprint density at radius 1 is 1.40 bits per heavy atom. The lowest BCUT2D eigenvalue weighted by molar-refractivity contribution is -0.156. The lowest BCUT2D eigenvalue weighted by Gasteiger charge is -2.33. The first-order valence-corrected chi connectivity index (χ1v) is 8.12. The molecular weight excluding hydrogens is 348 g/mol. The molecule has 136 valence electrons. The van der Waals surface area contributed by atoms with Gasteiger partial charge >= 0.3 is 5.97 Å². The van der Waals surface area contributed by atoms with Crippen LogP contribution in [0.4, 0.5) is 5.69 Å². The zero-order valence-electron chi connectivity index (χ0n) is 14.6. The highest BCUT2D eigenvalue weighted by Crippen LogP contribution is 2.36. The maximum Gasteiger partial charge on any atom is 0.329 e. The number of hydrogen-bond donors (Lipinski definition) is 1. The minimum atomic E-state index is -1.36. The lowest BCUT2D eigenvalue weighted by Crippen LogP contribution is -2.52. The number of methoxy groups -OCH3 is 1. The van der Waals surface area contributed by atoms with Crippen LogP contribution in [0, 0.1) is 5.92 Å². The second kappa shape index (κ2) is 6.92. The second-order valence-electron chi connectivity index (χ2n) is 6.48. The molecule has 2 amide bonds. The predicted molar refractivity (Wildman–Crippen MR) is 92.9 cm³/mol. The molecule has 1 N–H and O–H groups in total. The number of amides is 2. The van der Waals surface area contributed by atoms with Crippen molar-refractivity contribution in [2.45, 2.75) is 25.8 Å². The highest BCUT2D eigenvalue weighted by Gasteiger charge is 2.42. The van der Waals surface area contributed by atoms with Gasteiger partial charge in [0.2, 0.25) is 11.8 Å². The van der Waals surface area contributed by atoms with Crippen molar-refractivity contribution in [1.29, 1.82) is 0 Å². The fourth-order valence-electron chi connectivity index (χ4n) is 2.67. The molecule has 8 heteroatoms. The summed E-state index contributed by atoms with van der Waals surface area (Å²) in [5, 5.41) is 9.73. The molecule has 0 radical (unpaired) electrons. The first kappa shape index (κ1) is 19.1. The van der Waals surface area contributed by atoms with E-state index in [2.05, 4.69) is 0 Å². The van der Waals surface area contributed by atoms with Crippen LogP contribution >= 0.6 is 11.6 Å². The molecular formula is C17H21ClN2O5. The van der Waals surface area contributed by atoms with Crippen molar-refractivity contribution in [3.63, 3.8) is 0 Å². The molecule has 1 aliphatic rings. The Morgan fingerprint density at radius 3 is 2.60 bits per heavy atom. The van der Waals surface area contributed by atoms with Crippen molar-refractivity contribution in [3.05, 3.63) is 23.2 Å². The molecule has 1 unspecified atom stereocenters. The Labute approximate surface area is 151 Å². The maximum atomic E-state index is 12.7.